The molecule has 0 spiro atoms. The van der Waals surface area contributed by atoms with Crippen LogP contribution in [0, 0.1) is 0 Å². The van der Waals surface area contributed by atoms with Crippen LogP contribution in [-0.2, 0) is 0 Å². The molecule has 0 amide bonds. The number of nitrogens with zero attached hydrogens (tertiary/aromatic N) is 5. The molecule has 0 unspecified atom stereocenters. The Morgan fingerprint density at radius 2 is 0.576 bits per heavy atom. The molecule has 0 fully saturated rings. The van der Waals surface area contributed by atoms with E-state index in [-0.39, 0.29) is 0 Å². The summed E-state index contributed by atoms with van der Waals surface area (Å²) in [6.07, 6.45) is 1.83. The molecule has 0 N–H and O–H groups in total. The number of fused-ring (bicyclic) bond motifs is 3. The first-order valence-corrected chi connectivity index (χ1v) is 19.8. The van der Waals surface area contributed by atoms with E-state index in [0.29, 0.717) is 0 Å². The average Bonchev–Trinajstić information content (AvgIpc) is 3.32. The lowest BCUT2D eigenvalue weighted by Crippen LogP contribution is -2.13. The van der Waals surface area contributed by atoms with Crippen molar-refractivity contribution >= 4 is 73.0 Å². The minimum absolute atomic E-state index is 0.909. The molecule has 10 aromatic rings. The van der Waals surface area contributed by atoms with Gasteiger partial charge in [-0.1, -0.05) is 109 Å². The second-order valence-electron chi connectivity index (χ2n) is 14.3. The Morgan fingerprint density at radius 3 is 0.966 bits per heavy atom. The van der Waals surface area contributed by atoms with Crippen molar-refractivity contribution in [3.8, 4) is 11.3 Å². The molecule has 280 valence electrons. The van der Waals surface area contributed by atoms with Gasteiger partial charge in [0.1, 0.15) is 0 Å². The van der Waals surface area contributed by atoms with Crippen molar-refractivity contribution in [3.63, 3.8) is 0 Å². The van der Waals surface area contributed by atoms with E-state index in [1.54, 1.807) is 0 Å². The third-order valence-electron chi connectivity index (χ3n) is 10.6. The fraction of sp³-hybridized carbons (Fsp3) is 0. The van der Waals surface area contributed by atoms with E-state index >= 15 is 0 Å². The third-order valence-corrected chi connectivity index (χ3v) is 10.6. The van der Waals surface area contributed by atoms with Crippen molar-refractivity contribution in [1.82, 2.24) is 9.97 Å². The largest absolute Gasteiger partial charge is 0.311 e. The van der Waals surface area contributed by atoms with Gasteiger partial charge >= 0.3 is 0 Å². The second-order valence-corrected chi connectivity index (χ2v) is 14.3. The van der Waals surface area contributed by atoms with Gasteiger partial charge in [-0.15, -0.1) is 0 Å². The van der Waals surface area contributed by atoms with E-state index in [0.717, 1.165) is 84.2 Å². The van der Waals surface area contributed by atoms with Crippen LogP contribution in [0.1, 0.15) is 0 Å². The van der Waals surface area contributed by atoms with E-state index in [2.05, 4.69) is 244 Å². The minimum atomic E-state index is 0.909. The lowest BCUT2D eigenvalue weighted by molar-refractivity contribution is 1.24. The molecule has 2 aromatic heterocycles. The van der Waals surface area contributed by atoms with Gasteiger partial charge in [0.05, 0.1) is 16.7 Å². The molecule has 8 aromatic carbocycles. The van der Waals surface area contributed by atoms with Gasteiger partial charge in [0.15, 0.2) is 0 Å². The summed E-state index contributed by atoms with van der Waals surface area (Å²) in [5.74, 6) is 0. The summed E-state index contributed by atoms with van der Waals surface area (Å²) in [6.45, 7) is 0. The number of para-hydroxylation sites is 4. The van der Waals surface area contributed by atoms with E-state index in [1.807, 2.05) is 12.3 Å². The predicted molar refractivity (Wildman–Crippen MR) is 247 cm³/mol. The Morgan fingerprint density at radius 1 is 0.254 bits per heavy atom. The van der Waals surface area contributed by atoms with Crippen molar-refractivity contribution in [1.29, 1.82) is 0 Å². The Balaban J connectivity index is 1.05. The Bertz CT molecular complexity index is 2750. The van der Waals surface area contributed by atoms with Crippen LogP contribution in [0.3, 0.4) is 0 Å². The van der Waals surface area contributed by atoms with Crippen LogP contribution in [0.5, 0.6) is 0 Å². The molecule has 0 saturated carbocycles. The summed E-state index contributed by atoms with van der Waals surface area (Å²) in [4.78, 5) is 16.7. The molecule has 5 heteroatoms. The maximum absolute atomic E-state index is 5.13. The summed E-state index contributed by atoms with van der Waals surface area (Å²) in [7, 11) is 0. The molecule has 59 heavy (non-hydrogen) atoms. The molecule has 0 aliphatic rings. The second kappa shape index (κ2) is 15.8. The standard InChI is InChI=1S/C54H39N5/c1-5-15-43(16-6-1)57(44-17-7-2-8-18-44)48-30-34-50(35-31-48)59(51-36-32-49(33-37-51)58(45-19-9-3-10-20-45)46-21-11-4-12-22-46)47-28-25-40(26-29-47)52-38-27-42-24-23-41-14-13-39-55-53(41)54(42)56-52/h1-39H. The number of benzene rings is 8. The highest BCUT2D eigenvalue weighted by atomic mass is 15.2. The number of hydrogen-bond acceptors (Lipinski definition) is 5. The molecule has 0 aliphatic heterocycles. The van der Waals surface area contributed by atoms with Crippen molar-refractivity contribution in [2.24, 2.45) is 0 Å². The number of hydrogen-bond donors (Lipinski definition) is 0. The zero-order valence-electron chi connectivity index (χ0n) is 32.3. The van der Waals surface area contributed by atoms with Gasteiger partial charge in [-0.05, 0) is 121 Å². The van der Waals surface area contributed by atoms with Gasteiger partial charge in [0, 0.05) is 73.7 Å². The molecular weight excluding hydrogens is 719 g/mol. The van der Waals surface area contributed by atoms with E-state index in [9.17, 15) is 0 Å². The van der Waals surface area contributed by atoms with Crippen molar-refractivity contribution in [2.75, 3.05) is 14.7 Å². The van der Waals surface area contributed by atoms with Gasteiger partial charge in [-0.2, -0.15) is 0 Å². The van der Waals surface area contributed by atoms with Crippen molar-refractivity contribution in [2.45, 2.75) is 0 Å². The van der Waals surface area contributed by atoms with E-state index in [1.165, 1.54) is 0 Å². The molecule has 0 saturated heterocycles. The lowest BCUT2D eigenvalue weighted by Gasteiger charge is -2.29. The van der Waals surface area contributed by atoms with Crippen LogP contribution in [0.4, 0.5) is 51.2 Å². The molecule has 0 atom stereocenters. The fourth-order valence-corrected chi connectivity index (χ4v) is 7.82. The SMILES string of the molecule is c1ccc(N(c2ccccc2)c2ccc(N(c3ccc(-c4ccc5ccc6cccnc6c5n4)cc3)c3ccc(N(c4ccccc4)c4ccccc4)cc3)cc2)cc1. The maximum Gasteiger partial charge on any atom is 0.0972 e. The van der Waals surface area contributed by atoms with Gasteiger partial charge < -0.3 is 14.7 Å². The molecule has 2 heterocycles. The molecule has 5 nitrogen and oxygen atoms in total. The van der Waals surface area contributed by atoms with Gasteiger partial charge in [0.25, 0.3) is 0 Å². The fourth-order valence-electron chi connectivity index (χ4n) is 7.82. The summed E-state index contributed by atoms with van der Waals surface area (Å²) in [6, 6.07) is 80.9. The van der Waals surface area contributed by atoms with Gasteiger partial charge in [0.2, 0.25) is 0 Å². The van der Waals surface area contributed by atoms with Crippen LogP contribution < -0.4 is 14.7 Å². The van der Waals surface area contributed by atoms with E-state index < -0.39 is 0 Å². The quantitative estimate of drug-likeness (QED) is 0.130. The molecular formula is C54H39N5. The van der Waals surface area contributed by atoms with Crippen LogP contribution >= 0.6 is 0 Å². The van der Waals surface area contributed by atoms with Gasteiger partial charge in [-0.3, -0.25) is 4.98 Å². The monoisotopic (exact) mass is 757 g/mol. The van der Waals surface area contributed by atoms with Crippen LogP contribution in [0.2, 0.25) is 0 Å². The summed E-state index contributed by atoms with van der Waals surface area (Å²) in [5, 5.41) is 2.16. The van der Waals surface area contributed by atoms with Crippen molar-refractivity contribution in [3.05, 3.63) is 237 Å². The minimum Gasteiger partial charge on any atom is -0.311 e. The first-order valence-electron chi connectivity index (χ1n) is 19.8. The molecule has 0 radical (unpaired) electrons. The molecule has 0 bridgehead atoms. The van der Waals surface area contributed by atoms with Gasteiger partial charge in [-0.25, -0.2) is 4.98 Å². The zero-order chi connectivity index (χ0) is 39.4. The van der Waals surface area contributed by atoms with Crippen LogP contribution in [0.15, 0.2) is 237 Å². The number of rotatable bonds is 10. The first kappa shape index (κ1) is 35.4. The first-order chi connectivity index (χ1) is 29.3. The zero-order valence-corrected chi connectivity index (χ0v) is 32.3. The van der Waals surface area contributed by atoms with Crippen LogP contribution in [0.25, 0.3) is 33.1 Å². The van der Waals surface area contributed by atoms with Crippen molar-refractivity contribution < 1.29 is 0 Å². The normalized spacial score (nSPS) is 11.1. The average molecular weight is 758 g/mol. The maximum atomic E-state index is 5.13. The summed E-state index contributed by atoms with van der Waals surface area (Å²) >= 11 is 0. The molecule has 0 aliphatic carbocycles. The third kappa shape index (κ3) is 7.14. The molecule has 10 rings (SSSR count). The highest BCUT2D eigenvalue weighted by Crippen LogP contribution is 2.41. The Labute approximate surface area is 344 Å². The Hall–Kier alpha value is -8.02. The summed E-state index contributed by atoms with van der Waals surface area (Å²) < 4.78 is 0. The smallest absolute Gasteiger partial charge is 0.0972 e. The highest BCUT2D eigenvalue weighted by molar-refractivity contribution is 6.03. The van der Waals surface area contributed by atoms with E-state index in [4.69, 9.17) is 4.98 Å². The summed E-state index contributed by atoms with van der Waals surface area (Å²) in [5.41, 5.74) is 13.4. The number of anilines is 9. The highest BCUT2D eigenvalue weighted by Gasteiger charge is 2.18. The lowest BCUT2D eigenvalue weighted by atomic mass is 10.1. The predicted octanol–water partition coefficient (Wildman–Crippen LogP) is 14.9. The van der Waals surface area contributed by atoms with Crippen LogP contribution in [-0.4, -0.2) is 9.97 Å². The number of aromatic nitrogens is 2. The number of pyridine rings is 2. The Kier molecular flexibility index (Phi) is 9.51. The topological polar surface area (TPSA) is 35.5 Å².